The molecule has 1 N–H and O–H groups in total. The van der Waals surface area contributed by atoms with Crippen LogP contribution in [0.25, 0.3) is 0 Å². The van der Waals surface area contributed by atoms with Gasteiger partial charge >= 0.3 is 0 Å². The third-order valence-electron chi connectivity index (χ3n) is 2.45. The summed E-state index contributed by atoms with van der Waals surface area (Å²) in [5, 5.41) is 3.19. The van der Waals surface area contributed by atoms with Crippen LogP contribution in [0, 0.1) is 0 Å². The summed E-state index contributed by atoms with van der Waals surface area (Å²) in [6, 6.07) is 15.5. The van der Waals surface area contributed by atoms with E-state index in [4.69, 9.17) is 17.0 Å². The summed E-state index contributed by atoms with van der Waals surface area (Å²) in [7, 11) is 1.65. The number of hydrogen-bond acceptors (Lipinski definition) is 2. The van der Waals surface area contributed by atoms with E-state index in [2.05, 4.69) is 21.2 Å². The molecule has 0 saturated heterocycles. The quantitative estimate of drug-likeness (QED) is 0.854. The van der Waals surface area contributed by atoms with Crippen LogP contribution in [0.15, 0.2) is 53.0 Å². The van der Waals surface area contributed by atoms with Gasteiger partial charge in [-0.05, 0) is 36.4 Å². The lowest BCUT2D eigenvalue weighted by molar-refractivity contribution is 0.415. The van der Waals surface area contributed by atoms with E-state index in [1.54, 1.807) is 7.11 Å². The van der Waals surface area contributed by atoms with Crippen LogP contribution in [-0.4, -0.2) is 12.1 Å². The van der Waals surface area contributed by atoms with Crippen LogP contribution in [0.4, 0.5) is 5.69 Å². The second-order valence-electron chi connectivity index (χ2n) is 3.69. The number of thiocarbonyl (C=S) groups is 1. The first-order chi connectivity index (χ1) is 8.69. The predicted octanol–water partition coefficient (Wildman–Crippen LogP) is 4.25. The first kappa shape index (κ1) is 13.1. The maximum absolute atomic E-state index is 5.35. The molecule has 0 unspecified atom stereocenters. The number of ether oxygens (including phenoxy) is 1. The molecule has 0 atom stereocenters. The summed E-state index contributed by atoms with van der Waals surface area (Å²) in [5.74, 6) is 0.829. The van der Waals surface area contributed by atoms with Crippen molar-refractivity contribution in [1.82, 2.24) is 0 Å². The number of anilines is 1. The van der Waals surface area contributed by atoms with Crippen molar-refractivity contribution in [3.8, 4) is 5.75 Å². The fourth-order valence-electron chi connectivity index (χ4n) is 1.48. The third kappa shape index (κ3) is 3.31. The molecular weight excluding hydrogens is 310 g/mol. The summed E-state index contributed by atoms with van der Waals surface area (Å²) in [4.78, 5) is 0.702. The highest BCUT2D eigenvalue weighted by Gasteiger charge is 2.01. The lowest BCUT2D eigenvalue weighted by atomic mass is 10.2. The summed E-state index contributed by atoms with van der Waals surface area (Å²) in [6.07, 6.45) is 0. The molecule has 0 amide bonds. The molecule has 0 aliphatic rings. The molecule has 0 fully saturated rings. The van der Waals surface area contributed by atoms with Gasteiger partial charge in [0.2, 0.25) is 0 Å². The standard InChI is InChI=1S/C14H12BrNOS/c1-17-13-8-6-12(7-9-13)16-14(18)10-2-4-11(15)5-3-10/h2-9H,1H3,(H,16,18). The smallest absolute Gasteiger partial charge is 0.119 e. The van der Waals surface area contributed by atoms with Gasteiger partial charge in [0.15, 0.2) is 0 Å². The van der Waals surface area contributed by atoms with Gasteiger partial charge in [-0.3, -0.25) is 0 Å². The number of halogens is 1. The molecule has 0 spiro atoms. The zero-order valence-electron chi connectivity index (χ0n) is 9.81. The Labute approximate surface area is 120 Å². The molecule has 92 valence electrons. The van der Waals surface area contributed by atoms with Crippen LogP contribution in [0.5, 0.6) is 5.75 Å². The number of methoxy groups -OCH3 is 1. The molecule has 0 saturated carbocycles. The topological polar surface area (TPSA) is 21.3 Å². The molecule has 18 heavy (non-hydrogen) atoms. The average Bonchev–Trinajstić information content (AvgIpc) is 2.40. The molecule has 2 nitrogen and oxygen atoms in total. The first-order valence-electron chi connectivity index (χ1n) is 5.40. The van der Waals surface area contributed by atoms with E-state index in [1.807, 2.05) is 48.5 Å². The van der Waals surface area contributed by atoms with Crippen molar-refractivity contribution < 1.29 is 4.74 Å². The molecular formula is C14H12BrNOS. The Hall–Kier alpha value is -1.39. The Morgan fingerprint density at radius 1 is 1.06 bits per heavy atom. The maximum atomic E-state index is 5.35. The molecule has 0 aliphatic heterocycles. The van der Waals surface area contributed by atoms with Crippen LogP contribution in [0.2, 0.25) is 0 Å². The van der Waals surface area contributed by atoms with Gasteiger partial charge in [-0.1, -0.05) is 40.3 Å². The van der Waals surface area contributed by atoms with Crippen molar-refractivity contribution in [3.63, 3.8) is 0 Å². The minimum absolute atomic E-state index is 0.702. The molecule has 0 aliphatic carbocycles. The second-order valence-corrected chi connectivity index (χ2v) is 5.01. The lowest BCUT2D eigenvalue weighted by Gasteiger charge is -2.08. The van der Waals surface area contributed by atoms with Gasteiger partial charge in [0.25, 0.3) is 0 Å². The third-order valence-corrected chi connectivity index (χ3v) is 3.32. The molecule has 0 aromatic heterocycles. The number of hydrogen-bond donors (Lipinski definition) is 1. The van der Waals surface area contributed by atoms with Gasteiger partial charge in [0.05, 0.1) is 7.11 Å². The number of benzene rings is 2. The SMILES string of the molecule is COc1ccc(NC(=S)c2ccc(Br)cc2)cc1. The molecule has 2 aromatic rings. The maximum Gasteiger partial charge on any atom is 0.119 e. The van der Waals surface area contributed by atoms with Gasteiger partial charge in [-0.2, -0.15) is 0 Å². The van der Waals surface area contributed by atoms with E-state index in [-0.39, 0.29) is 0 Å². The van der Waals surface area contributed by atoms with Crippen molar-refractivity contribution in [2.24, 2.45) is 0 Å². The fraction of sp³-hybridized carbons (Fsp3) is 0.0714. The number of nitrogens with one attached hydrogen (secondary N) is 1. The van der Waals surface area contributed by atoms with Crippen molar-refractivity contribution in [2.75, 3.05) is 12.4 Å². The first-order valence-corrected chi connectivity index (χ1v) is 6.60. The van der Waals surface area contributed by atoms with Gasteiger partial charge < -0.3 is 10.1 Å². The molecule has 0 radical (unpaired) electrons. The molecule has 2 aromatic carbocycles. The zero-order valence-corrected chi connectivity index (χ0v) is 12.2. The average molecular weight is 322 g/mol. The molecule has 0 heterocycles. The van der Waals surface area contributed by atoms with Crippen molar-refractivity contribution >= 4 is 38.8 Å². The number of rotatable bonds is 3. The Morgan fingerprint density at radius 2 is 1.67 bits per heavy atom. The Kier molecular flexibility index (Phi) is 4.33. The van der Waals surface area contributed by atoms with E-state index in [9.17, 15) is 0 Å². The summed E-state index contributed by atoms with van der Waals surface area (Å²) in [5.41, 5.74) is 1.94. The normalized spacial score (nSPS) is 9.89. The molecule has 2 rings (SSSR count). The predicted molar refractivity (Wildman–Crippen MR) is 82.5 cm³/mol. The Balaban J connectivity index is 2.08. The van der Waals surface area contributed by atoms with Gasteiger partial charge in [0.1, 0.15) is 10.7 Å². The van der Waals surface area contributed by atoms with Gasteiger partial charge in [-0.15, -0.1) is 0 Å². The zero-order chi connectivity index (χ0) is 13.0. The Morgan fingerprint density at radius 3 is 2.22 bits per heavy atom. The van der Waals surface area contributed by atoms with Crippen LogP contribution < -0.4 is 10.1 Å². The van der Waals surface area contributed by atoms with Crippen LogP contribution in [0.1, 0.15) is 5.56 Å². The summed E-state index contributed by atoms with van der Waals surface area (Å²) in [6.45, 7) is 0. The Bertz CT molecular complexity index is 537. The van der Waals surface area contributed by atoms with Gasteiger partial charge in [-0.25, -0.2) is 0 Å². The minimum Gasteiger partial charge on any atom is -0.497 e. The van der Waals surface area contributed by atoms with Crippen LogP contribution >= 0.6 is 28.1 Å². The monoisotopic (exact) mass is 321 g/mol. The highest BCUT2D eigenvalue weighted by molar-refractivity contribution is 9.10. The lowest BCUT2D eigenvalue weighted by Crippen LogP contribution is -2.10. The minimum atomic E-state index is 0.702. The van der Waals surface area contributed by atoms with Crippen LogP contribution in [0.3, 0.4) is 0 Å². The van der Waals surface area contributed by atoms with E-state index in [0.717, 1.165) is 21.5 Å². The van der Waals surface area contributed by atoms with Crippen molar-refractivity contribution in [2.45, 2.75) is 0 Å². The van der Waals surface area contributed by atoms with Gasteiger partial charge in [0, 0.05) is 15.7 Å². The van der Waals surface area contributed by atoms with Crippen molar-refractivity contribution in [1.29, 1.82) is 0 Å². The van der Waals surface area contributed by atoms with Crippen LogP contribution in [-0.2, 0) is 0 Å². The van der Waals surface area contributed by atoms with E-state index in [1.165, 1.54) is 0 Å². The van der Waals surface area contributed by atoms with Crippen molar-refractivity contribution in [3.05, 3.63) is 58.6 Å². The fourth-order valence-corrected chi connectivity index (χ4v) is 2.00. The second kappa shape index (κ2) is 5.98. The van der Waals surface area contributed by atoms with E-state index in [0.29, 0.717) is 4.99 Å². The highest BCUT2D eigenvalue weighted by atomic mass is 79.9. The summed E-state index contributed by atoms with van der Waals surface area (Å²) >= 11 is 8.75. The van der Waals surface area contributed by atoms with E-state index < -0.39 is 0 Å². The largest absolute Gasteiger partial charge is 0.497 e. The molecule has 0 bridgehead atoms. The summed E-state index contributed by atoms with van der Waals surface area (Å²) < 4.78 is 6.15. The molecule has 4 heteroatoms. The highest BCUT2D eigenvalue weighted by Crippen LogP contribution is 2.17. The van der Waals surface area contributed by atoms with E-state index >= 15 is 0 Å².